The van der Waals surface area contributed by atoms with Crippen molar-refractivity contribution in [1.29, 1.82) is 0 Å². The number of hydrogen-bond donors (Lipinski definition) is 1. The fraction of sp³-hybridized carbons (Fsp3) is 0.385. The molecule has 19 heavy (non-hydrogen) atoms. The fourth-order valence-corrected chi connectivity index (χ4v) is 2.03. The predicted molar refractivity (Wildman–Crippen MR) is 74.0 cm³/mol. The van der Waals surface area contributed by atoms with Gasteiger partial charge in [0.2, 0.25) is 0 Å². The maximum absolute atomic E-state index is 13.4. The number of hydrogen-bond acceptors (Lipinski definition) is 3. The van der Waals surface area contributed by atoms with Crippen molar-refractivity contribution in [2.75, 3.05) is 11.9 Å². The van der Waals surface area contributed by atoms with Gasteiger partial charge in [-0.3, -0.25) is 4.68 Å². The van der Waals surface area contributed by atoms with Crippen LogP contribution in [0.1, 0.15) is 17.8 Å². The van der Waals surface area contributed by atoms with E-state index >= 15 is 0 Å². The van der Waals surface area contributed by atoms with Gasteiger partial charge in [-0.1, -0.05) is 11.6 Å². The summed E-state index contributed by atoms with van der Waals surface area (Å²) in [5.41, 5.74) is 2.14. The van der Waals surface area contributed by atoms with Gasteiger partial charge in [0.1, 0.15) is 0 Å². The summed E-state index contributed by atoms with van der Waals surface area (Å²) < 4.78 is 15.4. The first-order valence-corrected chi connectivity index (χ1v) is 6.50. The van der Waals surface area contributed by atoms with Crippen molar-refractivity contribution in [1.82, 2.24) is 14.8 Å². The number of nitrogens with zero attached hydrogens (tertiary/aromatic N) is 3. The second kappa shape index (κ2) is 6.02. The molecule has 0 aliphatic carbocycles. The van der Waals surface area contributed by atoms with Gasteiger partial charge >= 0.3 is 0 Å². The zero-order valence-corrected chi connectivity index (χ0v) is 11.7. The van der Waals surface area contributed by atoms with Crippen LogP contribution in [0.25, 0.3) is 0 Å². The molecule has 2 aromatic rings. The highest BCUT2D eigenvalue weighted by Crippen LogP contribution is 2.15. The smallest absolute Gasteiger partial charge is 0.166 e. The van der Waals surface area contributed by atoms with Crippen molar-refractivity contribution >= 4 is 17.4 Å². The quantitative estimate of drug-likeness (QED) is 0.857. The topological polar surface area (TPSA) is 42.7 Å². The van der Waals surface area contributed by atoms with Gasteiger partial charge < -0.3 is 5.32 Å². The molecule has 2 rings (SSSR count). The summed E-state index contributed by atoms with van der Waals surface area (Å²) in [6.07, 6.45) is 2.26. The summed E-state index contributed by atoms with van der Waals surface area (Å²) in [7, 11) is 0. The van der Waals surface area contributed by atoms with Gasteiger partial charge in [0, 0.05) is 25.0 Å². The Morgan fingerprint density at radius 1 is 1.37 bits per heavy atom. The fourth-order valence-electron chi connectivity index (χ4n) is 1.88. The Labute approximate surface area is 116 Å². The third kappa shape index (κ3) is 3.67. The Morgan fingerprint density at radius 2 is 2.16 bits per heavy atom. The minimum absolute atomic E-state index is 0.234. The highest BCUT2D eigenvalue weighted by molar-refractivity contribution is 6.30. The second-order valence-electron chi connectivity index (χ2n) is 4.41. The van der Waals surface area contributed by atoms with Crippen LogP contribution in [0, 0.1) is 19.7 Å². The van der Waals surface area contributed by atoms with Crippen LogP contribution in [-0.2, 0) is 6.54 Å². The molecule has 0 unspecified atom stereocenters. The number of nitrogens with one attached hydrogen (secondary N) is 1. The summed E-state index contributed by atoms with van der Waals surface area (Å²) in [6, 6.07) is 3.28. The van der Waals surface area contributed by atoms with Crippen molar-refractivity contribution < 1.29 is 4.39 Å². The van der Waals surface area contributed by atoms with E-state index in [1.807, 2.05) is 24.6 Å². The van der Waals surface area contributed by atoms with Crippen LogP contribution < -0.4 is 5.32 Å². The van der Waals surface area contributed by atoms with Gasteiger partial charge in [0.25, 0.3) is 0 Å². The summed E-state index contributed by atoms with van der Waals surface area (Å²) in [5.74, 6) is -0.198. The third-order valence-electron chi connectivity index (χ3n) is 2.75. The zero-order chi connectivity index (χ0) is 13.8. The standard InChI is InChI=1S/C13H16ClFN4/c1-9-6-10(2)19(18-9)5-3-4-16-13-12(15)7-11(14)8-17-13/h6-8H,3-5H2,1-2H3,(H,16,17). The molecule has 0 amide bonds. The second-order valence-corrected chi connectivity index (χ2v) is 4.85. The molecule has 0 aliphatic heterocycles. The van der Waals surface area contributed by atoms with Crippen LogP contribution in [0.15, 0.2) is 18.3 Å². The Hall–Kier alpha value is -1.62. The minimum Gasteiger partial charge on any atom is -0.368 e. The molecule has 2 aromatic heterocycles. The molecule has 0 spiro atoms. The average molecular weight is 283 g/mol. The molecule has 0 saturated carbocycles. The first-order chi connectivity index (χ1) is 9.06. The van der Waals surface area contributed by atoms with Crippen LogP contribution in [0.2, 0.25) is 5.02 Å². The van der Waals surface area contributed by atoms with E-state index < -0.39 is 5.82 Å². The van der Waals surface area contributed by atoms with Crippen LogP contribution in [0.5, 0.6) is 0 Å². The summed E-state index contributed by atoms with van der Waals surface area (Å²) in [4.78, 5) is 3.90. The van der Waals surface area contributed by atoms with E-state index in [-0.39, 0.29) is 5.82 Å². The first kappa shape index (κ1) is 13.8. The van der Waals surface area contributed by atoms with Gasteiger partial charge in [-0.05, 0) is 32.4 Å². The minimum atomic E-state index is -0.432. The van der Waals surface area contributed by atoms with Crippen molar-refractivity contribution in [2.24, 2.45) is 0 Å². The lowest BCUT2D eigenvalue weighted by Crippen LogP contribution is -2.10. The van der Waals surface area contributed by atoms with Gasteiger partial charge in [0.15, 0.2) is 11.6 Å². The van der Waals surface area contributed by atoms with E-state index in [1.54, 1.807) is 0 Å². The number of aromatic nitrogens is 3. The number of halogens is 2. The average Bonchev–Trinajstić information content (AvgIpc) is 2.65. The molecule has 0 fully saturated rings. The van der Waals surface area contributed by atoms with Gasteiger partial charge in [-0.15, -0.1) is 0 Å². The van der Waals surface area contributed by atoms with E-state index in [2.05, 4.69) is 15.4 Å². The normalized spacial score (nSPS) is 10.7. The van der Waals surface area contributed by atoms with E-state index in [0.717, 1.165) is 24.4 Å². The van der Waals surface area contributed by atoms with Crippen LogP contribution in [0.3, 0.4) is 0 Å². The van der Waals surface area contributed by atoms with Gasteiger partial charge in [0.05, 0.1) is 10.7 Å². The Kier molecular flexibility index (Phi) is 4.37. The molecular formula is C13H16ClFN4. The van der Waals surface area contributed by atoms with Crippen molar-refractivity contribution in [3.8, 4) is 0 Å². The molecule has 0 atom stereocenters. The van der Waals surface area contributed by atoms with E-state index in [9.17, 15) is 4.39 Å². The Bertz CT molecular complexity index is 568. The largest absolute Gasteiger partial charge is 0.368 e. The predicted octanol–water partition coefficient (Wildman–Crippen LogP) is 3.19. The molecule has 0 aliphatic rings. The summed E-state index contributed by atoms with van der Waals surface area (Å²) in [5, 5.41) is 7.61. The molecule has 0 saturated heterocycles. The molecule has 0 aromatic carbocycles. The maximum atomic E-state index is 13.4. The molecular weight excluding hydrogens is 267 g/mol. The van der Waals surface area contributed by atoms with Crippen LogP contribution in [0.4, 0.5) is 10.2 Å². The lowest BCUT2D eigenvalue weighted by molar-refractivity contribution is 0.571. The van der Waals surface area contributed by atoms with Crippen molar-refractivity contribution in [2.45, 2.75) is 26.8 Å². The molecule has 4 nitrogen and oxygen atoms in total. The first-order valence-electron chi connectivity index (χ1n) is 6.12. The number of aryl methyl sites for hydroxylation is 3. The van der Waals surface area contributed by atoms with Gasteiger partial charge in [-0.25, -0.2) is 9.37 Å². The zero-order valence-electron chi connectivity index (χ0n) is 11.0. The lowest BCUT2D eigenvalue weighted by Gasteiger charge is -2.07. The highest BCUT2D eigenvalue weighted by Gasteiger charge is 2.04. The van der Waals surface area contributed by atoms with Gasteiger partial charge in [-0.2, -0.15) is 5.10 Å². The summed E-state index contributed by atoms with van der Waals surface area (Å²) >= 11 is 5.64. The van der Waals surface area contributed by atoms with E-state index in [0.29, 0.717) is 11.6 Å². The molecule has 6 heteroatoms. The van der Waals surface area contributed by atoms with E-state index in [4.69, 9.17) is 11.6 Å². The highest BCUT2D eigenvalue weighted by atomic mass is 35.5. The van der Waals surface area contributed by atoms with Crippen molar-refractivity contribution in [3.05, 3.63) is 40.6 Å². The Morgan fingerprint density at radius 3 is 2.79 bits per heavy atom. The number of pyridine rings is 1. The SMILES string of the molecule is Cc1cc(C)n(CCCNc2ncc(Cl)cc2F)n1. The van der Waals surface area contributed by atoms with Crippen molar-refractivity contribution in [3.63, 3.8) is 0 Å². The van der Waals surface area contributed by atoms with Crippen LogP contribution in [-0.4, -0.2) is 21.3 Å². The molecule has 102 valence electrons. The van der Waals surface area contributed by atoms with Crippen LogP contribution >= 0.6 is 11.6 Å². The third-order valence-corrected chi connectivity index (χ3v) is 2.96. The summed E-state index contributed by atoms with van der Waals surface area (Å²) in [6.45, 7) is 5.41. The molecule has 0 bridgehead atoms. The van der Waals surface area contributed by atoms with E-state index in [1.165, 1.54) is 12.3 Å². The monoisotopic (exact) mass is 282 g/mol. The Balaban J connectivity index is 1.82. The number of anilines is 1. The lowest BCUT2D eigenvalue weighted by atomic mass is 10.3. The molecule has 1 N–H and O–H groups in total. The number of rotatable bonds is 5. The molecule has 2 heterocycles. The molecule has 0 radical (unpaired) electrons. The maximum Gasteiger partial charge on any atom is 0.166 e.